The van der Waals surface area contributed by atoms with Crippen LogP contribution in [0.15, 0.2) is 47.1 Å². The highest BCUT2D eigenvalue weighted by atomic mass is 28.3. The van der Waals surface area contributed by atoms with Gasteiger partial charge in [0.2, 0.25) is 5.89 Å². The zero-order valence-electron chi connectivity index (χ0n) is 21.1. The summed E-state index contributed by atoms with van der Waals surface area (Å²) in [4.78, 5) is 4.87. The summed E-state index contributed by atoms with van der Waals surface area (Å²) in [7, 11) is 1.76. The molecule has 1 aliphatic carbocycles. The lowest BCUT2D eigenvalue weighted by molar-refractivity contribution is 0.148. The Morgan fingerprint density at radius 2 is 2.08 bits per heavy atom. The van der Waals surface area contributed by atoms with Gasteiger partial charge in [0.15, 0.2) is 19.4 Å². The Bertz CT molecular complexity index is 1390. The highest BCUT2D eigenvalue weighted by Gasteiger charge is 2.50. The van der Waals surface area contributed by atoms with E-state index in [2.05, 4.69) is 51.3 Å². The fourth-order valence-corrected chi connectivity index (χ4v) is 11.4. The van der Waals surface area contributed by atoms with Gasteiger partial charge in [0.05, 0.1) is 13.2 Å². The zero-order valence-corrected chi connectivity index (χ0v) is 22.1. The van der Waals surface area contributed by atoms with Crippen LogP contribution in [-0.2, 0) is 13.6 Å². The van der Waals surface area contributed by atoms with Crippen molar-refractivity contribution in [2.45, 2.75) is 57.0 Å². The summed E-state index contributed by atoms with van der Waals surface area (Å²) in [5.41, 5.74) is 4.59. The van der Waals surface area contributed by atoms with Crippen molar-refractivity contribution in [2.75, 3.05) is 7.11 Å². The van der Waals surface area contributed by atoms with Crippen LogP contribution in [0.3, 0.4) is 0 Å². The van der Waals surface area contributed by atoms with Gasteiger partial charge in [0.25, 0.3) is 0 Å². The molecule has 0 unspecified atom stereocenters. The Kier molecular flexibility index (Phi) is 5.93. The number of aryl methyl sites for hydroxylation is 1. The van der Waals surface area contributed by atoms with Crippen molar-refractivity contribution in [3.8, 4) is 17.2 Å². The minimum Gasteiger partial charge on any atom is -0.493 e. The first-order chi connectivity index (χ1) is 17.5. The first-order valence-corrected chi connectivity index (χ1v) is 15.2. The second-order valence-corrected chi connectivity index (χ2v) is 14.6. The van der Waals surface area contributed by atoms with E-state index in [1.807, 2.05) is 25.5 Å². The Morgan fingerprint density at radius 1 is 1.22 bits per heavy atom. The molecule has 0 radical (unpaired) electrons. The monoisotopic (exact) mass is 503 g/mol. The van der Waals surface area contributed by atoms with Crippen LogP contribution in [0.1, 0.15) is 31.7 Å². The van der Waals surface area contributed by atoms with E-state index < -0.39 is 8.07 Å². The molecular weight excluding hydrogens is 470 g/mol. The van der Waals surface area contributed by atoms with Crippen LogP contribution in [0.4, 0.5) is 0 Å². The van der Waals surface area contributed by atoms with Crippen molar-refractivity contribution in [1.29, 1.82) is 0 Å². The molecule has 6 rings (SSSR count). The standard InChI is InChI=1S/C27H33N5O3Si/c1-17-14-36(15-17,27-31-29-16-32(27)2)20-7-4-6-19(12-20)26-30-22-10-18(11-24(34-3)25(22)35-26)13-28-21-8-5-9-23(21)33/h4,6-7,10-12,16-17,21,23,28,33H,5,8-9,13-15H2,1-3H3/t17?,21-,23+,36?/m1/s1. The lowest BCUT2D eigenvalue weighted by atomic mass is 10.1. The molecule has 1 saturated heterocycles. The van der Waals surface area contributed by atoms with Crippen molar-refractivity contribution in [3.05, 3.63) is 48.3 Å². The number of rotatable bonds is 7. The van der Waals surface area contributed by atoms with Crippen LogP contribution in [0.5, 0.6) is 5.75 Å². The van der Waals surface area contributed by atoms with Gasteiger partial charge in [-0.1, -0.05) is 19.1 Å². The summed E-state index contributed by atoms with van der Waals surface area (Å²) < 4.78 is 14.0. The normalized spacial score (nSPS) is 25.8. The quantitative estimate of drug-likeness (QED) is 0.374. The predicted octanol–water partition coefficient (Wildman–Crippen LogP) is 2.85. The predicted molar refractivity (Wildman–Crippen MR) is 141 cm³/mol. The van der Waals surface area contributed by atoms with Crippen LogP contribution < -0.4 is 20.7 Å². The first kappa shape index (κ1) is 23.4. The van der Waals surface area contributed by atoms with E-state index in [4.69, 9.17) is 14.1 Å². The second kappa shape index (κ2) is 9.13. The molecule has 2 N–H and O–H groups in total. The number of hydrogen-bond acceptors (Lipinski definition) is 7. The van der Waals surface area contributed by atoms with E-state index >= 15 is 0 Å². The molecule has 3 heterocycles. The zero-order chi connectivity index (χ0) is 24.9. The number of fused-ring (bicyclic) bond motifs is 1. The van der Waals surface area contributed by atoms with E-state index in [1.54, 1.807) is 7.11 Å². The van der Waals surface area contributed by atoms with Crippen LogP contribution in [-0.4, -0.2) is 52.2 Å². The lowest BCUT2D eigenvalue weighted by Gasteiger charge is -2.43. The van der Waals surface area contributed by atoms with Gasteiger partial charge in [0.1, 0.15) is 17.3 Å². The minimum absolute atomic E-state index is 0.141. The van der Waals surface area contributed by atoms with E-state index in [0.717, 1.165) is 41.4 Å². The number of ether oxygens (including phenoxy) is 1. The van der Waals surface area contributed by atoms with Gasteiger partial charge in [-0.05, 0) is 72.3 Å². The third-order valence-corrected chi connectivity index (χ3v) is 13.5. The largest absolute Gasteiger partial charge is 0.493 e. The molecule has 188 valence electrons. The Labute approximate surface area is 211 Å². The lowest BCUT2D eigenvalue weighted by Crippen LogP contribution is -2.68. The van der Waals surface area contributed by atoms with Gasteiger partial charge < -0.3 is 24.1 Å². The Morgan fingerprint density at radius 3 is 2.78 bits per heavy atom. The average Bonchev–Trinajstić information content (AvgIpc) is 3.60. The van der Waals surface area contributed by atoms with Crippen LogP contribution in [0.25, 0.3) is 22.6 Å². The molecule has 0 bridgehead atoms. The van der Waals surface area contributed by atoms with Crippen LogP contribution in [0.2, 0.25) is 12.1 Å². The van der Waals surface area contributed by atoms with Crippen LogP contribution in [0, 0.1) is 5.92 Å². The molecule has 2 aliphatic rings. The highest BCUT2D eigenvalue weighted by molar-refractivity contribution is 7.03. The van der Waals surface area contributed by atoms with E-state index in [0.29, 0.717) is 29.7 Å². The third-order valence-electron chi connectivity index (χ3n) is 7.98. The molecule has 1 saturated carbocycles. The molecule has 2 aromatic heterocycles. The molecule has 8 nitrogen and oxygen atoms in total. The summed E-state index contributed by atoms with van der Waals surface area (Å²) in [6.07, 6.45) is 4.47. The molecule has 0 amide bonds. The SMILES string of the molecule is COc1cc(CN[C@@H]2CCC[C@@H]2O)cc2nc(-c3cccc([Si]4(c5nncn5C)CC(C)C4)c3)oc12. The number of aliphatic hydroxyl groups excluding tert-OH is 1. The number of aromatic nitrogens is 4. The number of oxazole rings is 1. The minimum atomic E-state index is -1.94. The van der Waals surface area contributed by atoms with Crippen molar-refractivity contribution < 1.29 is 14.3 Å². The topological polar surface area (TPSA) is 98.2 Å². The summed E-state index contributed by atoms with van der Waals surface area (Å²) >= 11 is 0. The summed E-state index contributed by atoms with van der Waals surface area (Å²) in [6.45, 7) is 2.97. The Balaban J connectivity index is 1.33. The van der Waals surface area contributed by atoms with Crippen molar-refractivity contribution in [3.63, 3.8) is 0 Å². The number of aliphatic hydroxyl groups is 1. The summed E-state index contributed by atoms with van der Waals surface area (Å²) in [6, 6.07) is 15.2. The molecule has 2 fully saturated rings. The number of benzene rings is 2. The number of nitrogens with zero attached hydrogens (tertiary/aromatic N) is 4. The summed E-state index contributed by atoms with van der Waals surface area (Å²) in [5, 5.41) is 23.7. The number of nitrogens with one attached hydrogen (secondary N) is 1. The Hall–Kier alpha value is -3.01. The molecule has 2 atom stereocenters. The van der Waals surface area contributed by atoms with Gasteiger partial charge in [-0.2, -0.15) is 0 Å². The van der Waals surface area contributed by atoms with Gasteiger partial charge in [-0.25, -0.2) is 4.98 Å². The van der Waals surface area contributed by atoms with E-state index in [-0.39, 0.29) is 12.1 Å². The highest BCUT2D eigenvalue weighted by Crippen LogP contribution is 2.38. The molecule has 0 spiro atoms. The number of methoxy groups -OCH3 is 1. The smallest absolute Gasteiger partial charge is 0.227 e. The van der Waals surface area contributed by atoms with Crippen molar-refractivity contribution >= 4 is 29.8 Å². The first-order valence-electron chi connectivity index (χ1n) is 12.8. The maximum Gasteiger partial charge on any atom is 0.227 e. The molecule has 2 aromatic carbocycles. The van der Waals surface area contributed by atoms with Gasteiger partial charge in [-0.15, -0.1) is 10.2 Å². The summed E-state index contributed by atoms with van der Waals surface area (Å²) in [5.74, 6) is 1.96. The molecule has 1 aliphatic heterocycles. The van der Waals surface area contributed by atoms with Gasteiger partial charge >= 0.3 is 0 Å². The molecule has 4 aromatic rings. The van der Waals surface area contributed by atoms with Crippen molar-refractivity contribution in [1.82, 2.24) is 25.1 Å². The molecule has 36 heavy (non-hydrogen) atoms. The van der Waals surface area contributed by atoms with Gasteiger partial charge in [-0.3, -0.25) is 0 Å². The third kappa shape index (κ3) is 3.95. The van der Waals surface area contributed by atoms with E-state index in [9.17, 15) is 5.11 Å². The fraction of sp³-hybridized carbons (Fsp3) is 0.444. The molecule has 9 heteroatoms. The second-order valence-electron chi connectivity index (χ2n) is 10.6. The fourth-order valence-electron chi connectivity index (χ4n) is 6.21. The van der Waals surface area contributed by atoms with Crippen LogP contribution >= 0.6 is 0 Å². The maximum absolute atomic E-state index is 10.1. The van der Waals surface area contributed by atoms with Gasteiger partial charge in [0, 0.05) is 25.2 Å². The number of hydrogen-bond donors (Lipinski definition) is 2. The average molecular weight is 504 g/mol. The molecular formula is C27H33N5O3Si. The maximum atomic E-state index is 10.1. The van der Waals surface area contributed by atoms with Crippen molar-refractivity contribution in [2.24, 2.45) is 13.0 Å². The van der Waals surface area contributed by atoms with E-state index in [1.165, 1.54) is 17.3 Å².